The van der Waals surface area contributed by atoms with Gasteiger partial charge in [-0.15, -0.1) is 0 Å². The van der Waals surface area contributed by atoms with E-state index in [4.69, 9.17) is 9.72 Å². The highest BCUT2D eigenvalue weighted by Gasteiger charge is 2.40. The first-order chi connectivity index (χ1) is 14.8. The molecule has 2 N–H and O–H groups in total. The van der Waals surface area contributed by atoms with E-state index in [1.54, 1.807) is 19.1 Å². The molecule has 1 aromatic heterocycles. The lowest BCUT2D eigenvalue weighted by Crippen LogP contribution is -2.44. The lowest BCUT2D eigenvalue weighted by Gasteiger charge is -2.35. The summed E-state index contributed by atoms with van der Waals surface area (Å²) in [6.45, 7) is 7.92. The first-order valence-corrected chi connectivity index (χ1v) is 12.1. The fraction of sp³-hybridized carbons (Fsp3) is 0.476. The average molecular weight is 446 g/mol. The van der Waals surface area contributed by atoms with Crippen LogP contribution >= 0.6 is 0 Å². The summed E-state index contributed by atoms with van der Waals surface area (Å²) in [6.07, 6.45) is 0. The van der Waals surface area contributed by atoms with Crippen LogP contribution < -0.4 is 15.5 Å². The largest absolute Gasteiger partial charge is 0.377 e. The molecule has 9 nitrogen and oxygen atoms in total. The molecule has 2 aliphatic heterocycles. The fourth-order valence-corrected chi connectivity index (χ4v) is 5.40. The van der Waals surface area contributed by atoms with Gasteiger partial charge in [-0.1, -0.05) is 0 Å². The molecule has 1 fully saturated rings. The van der Waals surface area contributed by atoms with E-state index in [-0.39, 0.29) is 17.8 Å². The summed E-state index contributed by atoms with van der Waals surface area (Å²) < 4.78 is 30.8. The Morgan fingerprint density at radius 1 is 1.23 bits per heavy atom. The quantitative estimate of drug-likeness (QED) is 0.743. The van der Waals surface area contributed by atoms with Crippen LogP contribution in [0.5, 0.6) is 0 Å². The van der Waals surface area contributed by atoms with E-state index in [1.165, 1.54) is 0 Å². The minimum absolute atomic E-state index is 0.0818. The van der Waals surface area contributed by atoms with Crippen molar-refractivity contribution in [2.75, 3.05) is 36.5 Å². The van der Waals surface area contributed by atoms with Crippen LogP contribution in [0.2, 0.25) is 0 Å². The molecule has 0 bridgehead atoms. The van der Waals surface area contributed by atoms with Gasteiger partial charge in [0.2, 0.25) is 0 Å². The first-order valence-electron chi connectivity index (χ1n) is 10.4. The molecule has 2 amide bonds. The number of anilines is 2. The molecule has 0 aliphatic carbocycles. The van der Waals surface area contributed by atoms with Gasteiger partial charge in [-0.3, -0.25) is 0 Å². The van der Waals surface area contributed by atoms with E-state index in [9.17, 15) is 13.2 Å². The third kappa shape index (κ3) is 4.22. The Morgan fingerprint density at radius 2 is 1.97 bits per heavy atom. The first kappa shape index (κ1) is 21.5. The number of nitrogens with one attached hydrogen (secondary N) is 2. The zero-order valence-corrected chi connectivity index (χ0v) is 18.7. The molecule has 4 rings (SSSR count). The lowest BCUT2D eigenvalue weighted by molar-refractivity contribution is 0.0984. The van der Waals surface area contributed by atoms with Crippen molar-refractivity contribution in [3.8, 4) is 11.4 Å². The molecule has 31 heavy (non-hydrogen) atoms. The number of hydrogen-bond donors (Lipinski definition) is 2. The van der Waals surface area contributed by atoms with Crippen molar-refractivity contribution < 1.29 is 17.9 Å². The molecule has 166 valence electrons. The molecular weight excluding hydrogens is 418 g/mol. The smallest absolute Gasteiger partial charge is 0.319 e. The van der Waals surface area contributed by atoms with Crippen molar-refractivity contribution in [2.45, 2.75) is 37.8 Å². The van der Waals surface area contributed by atoms with Crippen LogP contribution in [0.1, 0.15) is 37.3 Å². The number of nitrogens with zero attached hydrogens (tertiary/aromatic N) is 3. The summed E-state index contributed by atoms with van der Waals surface area (Å²) >= 11 is 0. The van der Waals surface area contributed by atoms with Crippen LogP contribution in [0, 0.1) is 0 Å². The van der Waals surface area contributed by atoms with Gasteiger partial charge in [0, 0.05) is 29.9 Å². The highest BCUT2D eigenvalue weighted by atomic mass is 32.2. The number of ether oxygens (including phenoxy) is 1. The highest BCUT2D eigenvalue weighted by Crippen LogP contribution is 2.42. The second-order valence-corrected chi connectivity index (χ2v) is 10.2. The topological polar surface area (TPSA) is 114 Å². The Kier molecular flexibility index (Phi) is 5.85. The number of rotatable bonds is 4. The lowest BCUT2D eigenvalue weighted by atomic mass is 10.1. The van der Waals surface area contributed by atoms with Crippen molar-refractivity contribution in [3.63, 3.8) is 0 Å². The number of aromatic nitrogens is 2. The zero-order valence-electron chi connectivity index (χ0n) is 17.9. The van der Waals surface area contributed by atoms with Gasteiger partial charge in [0.1, 0.15) is 5.82 Å². The van der Waals surface area contributed by atoms with Gasteiger partial charge in [0.25, 0.3) is 0 Å². The van der Waals surface area contributed by atoms with Gasteiger partial charge in [-0.05, 0) is 45.0 Å². The monoisotopic (exact) mass is 445 g/mol. The number of amides is 2. The van der Waals surface area contributed by atoms with Gasteiger partial charge in [0.15, 0.2) is 15.7 Å². The summed E-state index contributed by atoms with van der Waals surface area (Å²) in [5, 5.41) is 4.80. The van der Waals surface area contributed by atoms with E-state index < -0.39 is 15.1 Å². The normalized spacial score (nSPS) is 22.1. The van der Waals surface area contributed by atoms with E-state index in [1.807, 2.05) is 26.0 Å². The second kappa shape index (κ2) is 8.43. The third-order valence-corrected chi connectivity index (χ3v) is 7.65. The van der Waals surface area contributed by atoms with Crippen LogP contribution in [-0.2, 0) is 20.3 Å². The second-order valence-electron chi connectivity index (χ2n) is 7.86. The average Bonchev–Trinajstić information content (AvgIpc) is 2.97. The maximum Gasteiger partial charge on any atom is 0.319 e. The number of fused-ring (bicyclic) bond motifs is 1. The summed E-state index contributed by atoms with van der Waals surface area (Å²) in [7, 11) is -3.30. The number of carbonyl (C=O) groups excluding carboxylic acids is 1. The number of sulfone groups is 1. The molecule has 1 unspecified atom stereocenters. The Bertz CT molecular complexity index is 1090. The molecule has 2 aromatic rings. The molecule has 2 aliphatic rings. The fourth-order valence-electron chi connectivity index (χ4n) is 3.95. The standard InChI is InChI=1S/C21H27N5O4S/c1-4-22-21(27)23-16-7-5-15(6-8-16)19-24-17-12-31(28,29)14(3)18(17)20(25-19)26-9-10-30-11-13(26)2/h5-8,13-14H,4,9-12H2,1-3H3,(H2,22,23,27)/t13-,14?/m0/s1. The predicted molar refractivity (Wildman–Crippen MR) is 119 cm³/mol. The molecule has 1 aromatic carbocycles. The summed E-state index contributed by atoms with van der Waals surface area (Å²) in [5.41, 5.74) is 2.67. The van der Waals surface area contributed by atoms with Gasteiger partial charge in [-0.25, -0.2) is 23.2 Å². The SMILES string of the molecule is CCNC(=O)Nc1ccc(-c2nc3c(c(N4CCOC[C@@H]4C)n2)C(C)S(=O)(=O)C3)cc1. The molecule has 3 heterocycles. The minimum Gasteiger partial charge on any atom is -0.377 e. The van der Waals surface area contributed by atoms with E-state index in [0.29, 0.717) is 54.9 Å². The molecule has 0 radical (unpaired) electrons. The van der Waals surface area contributed by atoms with Gasteiger partial charge in [0.05, 0.1) is 36.0 Å². The molecule has 2 atom stereocenters. The molecule has 10 heteroatoms. The van der Waals surface area contributed by atoms with Crippen LogP contribution in [0.3, 0.4) is 0 Å². The van der Waals surface area contributed by atoms with E-state index >= 15 is 0 Å². The predicted octanol–water partition coefficient (Wildman–Crippen LogP) is 2.50. The Morgan fingerprint density at radius 3 is 2.65 bits per heavy atom. The van der Waals surface area contributed by atoms with Gasteiger partial charge in [-0.2, -0.15) is 0 Å². The maximum absolute atomic E-state index is 12.6. The Balaban J connectivity index is 1.73. The van der Waals surface area contributed by atoms with Gasteiger partial charge >= 0.3 is 6.03 Å². The number of benzene rings is 1. The molecule has 0 saturated carbocycles. The zero-order chi connectivity index (χ0) is 22.2. The summed E-state index contributed by atoms with van der Waals surface area (Å²) in [4.78, 5) is 23.3. The summed E-state index contributed by atoms with van der Waals surface area (Å²) in [5.74, 6) is 1.07. The van der Waals surface area contributed by atoms with Crippen LogP contribution in [-0.4, -0.2) is 56.8 Å². The van der Waals surface area contributed by atoms with E-state index in [2.05, 4.69) is 20.5 Å². The summed E-state index contributed by atoms with van der Waals surface area (Å²) in [6, 6.07) is 7.01. The number of urea groups is 1. The van der Waals surface area contributed by atoms with Crippen molar-refractivity contribution in [2.24, 2.45) is 0 Å². The van der Waals surface area contributed by atoms with Crippen LogP contribution in [0.15, 0.2) is 24.3 Å². The molecular formula is C21H27N5O4S. The van der Waals surface area contributed by atoms with Crippen molar-refractivity contribution in [1.82, 2.24) is 15.3 Å². The minimum atomic E-state index is -3.30. The Hall–Kier alpha value is -2.72. The number of carbonyl (C=O) groups is 1. The highest BCUT2D eigenvalue weighted by molar-refractivity contribution is 7.91. The third-order valence-electron chi connectivity index (χ3n) is 5.67. The number of hydrogen-bond acceptors (Lipinski definition) is 7. The van der Waals surface area contributed by atoms with E-state index in [0.717, 1.165) is 5.56 Å². The van der Waals surface area contributed by atoms with Crippen LogP contribution in [0.25, 0.3) is 11.4 Å². The van der Waals surface area contributed by atoms with Gasteiger partial charge < -0.3 is 20.3 Å². The van der Waals surface area contributed by atoms with Crippen molar-refractivity contribution in [3.05, 3.63) is 35.5 Å². The molecule has 1 saturated heterocycles. The maximum atomic E-state index is 12.6. The Labute approximate surface area is 182 Å². The van der Waals surface area contributed by atoms with Crippen LogP contribution in [0.4, 0.5) is 16.3 Å². The molecule has 0 spiro atoms. The number of morpholine rings is 1. The van der Waals surface area contributed by atoms with Crippen molar-refractivity contribution in [1.29, 1.82) is 0 Å². The van der Waals surface area contributed by atoms with Crippen molar-refractivity contribution >= 4 is 27.4 Å².